The van der Waals surface area contributed by atoms with Gasteiger partial charge in [-0.05, 0) is 42.1 Å². The van der Waals surface area contributed by atoms with E-state index in [1.165, 1.54) is 12.1 Å². The van der Waals surface area contributed by atoms with E-state index in [-0.39, 0.29) is 24.1 Å². The van der Waals surface area contributed by atoms with E-state index < -0.39 is 6.10 Å². The number of benzene rings is 1. The van der Waals surface area contributed by atoms with Crippen molar-refractivity contribution in [3.63, 3.8) is 0 Å². The van der Waals surface area contributed by atoms with E-state index in [2.05, 4.69) is 0 Å². The first kappa shape index (κ1) is 14.4. The van der Waals surface area contributed by atoms with E-state index in [1.807, 2.05) is 13.8 Å². The van der Waals surface area contributed by atoms with Crippen LogP contribution in [0.25, 0.3) is 0 Å². The molecule has 0 saturated carbocycles. The number of aliphatic hydroxyl groups is 1. The number of aliphatic hydroxyl groups excluding tert-OH is 1. The number of rotatable bonds is 5. The van der Waals surface area contributed by atoms with E-state index in [4.69, 9.17) is 17.3 Å². The van der Waals surface area contributed by atoms with Gasteiger partial charge in [-0.25, -0.2) is 4.39 Å². The van der Waals surface area contributed by atoms with Crippen LogP contribution in [0.5, 0.6) is 0 Å². The summed E-state index contributed by atoms with van der Waals surface area (Å²) in [6.07, 6.45) is -0.403. The number of hydrogen-bond acceptors (Lipinski definition) is 2. The SMILES string of the molecule is CC(C)C(CN)C(O)Cc1cc(Cl)ccc1F. The van der Waals surface area contributed by atoms with Gasteiger partial charge in [0.25, 0.3) is 0 Å². The molecule has 0 aliphatic carbocycles. The Hall–Kier alpha value is -0.640. The Balaban J connectivity index is 2.79. The zero-order valence-corrected chi connectivity index (χ0v) is 10.9. The van der Waals surface area contributed by atoms with Crippen LogP contribution in [-0.2, 0) is 6.42 Å². The van der Waals surface area contributed by atoms with E-state index >= 15 is 0 Å². The maximum atomic E-state index is 13.5. The molecule has 4 heteroatoms. The summed E-state index contributed by atoms with van der Waals surface area (Å²) in [4.78, 5) is 0. The third-order valence-corrected chi connectivity index (χ3v) is 3.29. The lowest BCUT2D eigenvalue weighted by molar-refractivity contribution is 0.0855. The third kappa shape index (κ3) is 3.95. The van der Waals surface area contributed by atoms with Gasteiger partial charge in [0.1, 0.15) is 5.82 Å². The molecule has 2 unspecified atom stereocenters. The fraction of sp³-hybridized carbons (Fsp3) is 0.538. The van der Waals surface area contributed by atoms with Gasteiger partial charge in [0.05, 0.1) is 6.10 Å². The molecule has 0 heterocycles. The summed E-state index contributed by atoms with van der Waals surface area (Å²) in [6.45, 7) is 4.38. The second kappa shape index (κ2) is 6.34. The van der Waals surface area contributed by atoms with Crippen molar-refractivity contribution in [2.75, 3.05) is 6.54 Å². The molecule has 0 aromatic heterocycles. The highest BCUT2D eigenvalue weighted by molar-refractivity contribution is 6.30. The molecule has 1 aromatic rings. The normalized spacial score (nSPS) is 15.0. The predicted octanol–water partition coefficient (Wildman–Crippen LogP) is 2.61. The number of halogens is 2. The maximum absolute atomic E-state index is 13.5. The summed E-state index contributed by atoms with van der Waals surface area (Å²) in [6, 6.07) is 4.36. The van der Waals surface area contributed by atoms with Crippen LogP contribution in [0.15, 0.2) is 18.2 Å². The number of nitrogens with two attached hydrogens (primary N) is 1. The van der Waals surface area contributed by atoms with Crippen LogP contribution in [0.4, 0.5) is 4.39 Å². The van der Waals surface area contributed by atoms with E-state index in [9.17, 15) is 9.50 Å². The van der Waals surface area contributed by atoms with Crippen molar-refractivity contribution in [3.05, 3.63) is 34.6 Å². The highest BCUT2D eigenvalue weighted by Crippen LogP contribution is 2.21. The first-order valence-corrected chi connectivity index (χ1v) is 6.15. The van der Waals surface area contributed by atoms with Gasteiger partial charge in [0, 0.05) is 11.4 Å². The van der Waals surface area contributed by atoms with Crippen molar-refractivity contribution in [1.82, 2.24) is 0 Å². The summed E-state index contributed by atoms with van der Waals surface area (Å²) in [5.41, 5.74) is 6.05. The molecule has 2 nitrogen and oxygen atoms in total. The molecule has 0 fully saturated rings. The monoisotopic (exact) mass is 259 g/mol. The molecule has 0 amide bonds. The largest absolute Gasteiger partial charge is 0.392 e. The molecule has 0 aliphatic heterocycles. The van der Waals surface area contributed by atoms with E-state index in [1.54, 1.807) is 6.07 Å². The fourth-order valence-corrected chi connectivity index (χ4v) is 2.14. The highest BCUT2D eigenvalue weighted by atomic mass is 35.5. The topological polar surface area (TPSA) is 46.2 Å². The van der Waals surface area contributed by atoms with Gasteiger partial charge in [-0.1, -0.05) is 25.4 Å². The minimum Gasteiger partial charge on any atom is -0.392 e. The van der Waals surface area contributed by atoms with Gasteiger partial charge in [-0.3, -0.25) is 0 Å². The average Bonchev–Trinajstić information content (AvgIpc) is 2.24. The average molecular weight is 260 g/mol. The van der Waals surface area contributed by atoms with Crippen molar-refractivity contribution in [1.29, 1.82) is 0 Å². The molecule has 1 rings (SSSR count). The maximum Gasteiger partial charge on any atom is 0.126 e. The smallest absolute Gasteiger partial charge is 0.126 e. The predicted molar refractivity (Wildman–Crippen MR) is 68.5 cm³/mol. The van der Waals surface area contributed by atoms with Crippen molar-refractivity contribution < 1.29 is 9.50 Å². The van der Waals surface area contributed by atoms with Crippen LogP contribution in [0.3, 0.4) is 0 Å². The molecule has 96 valence electrons. The van der Waals surface area contributed by atoms with Crippen molar-refractivity contribution in [2.24, 2.45) is 17.6 Å². The minimum atomic E-state index is -0.645. The van der Waals surface area contributed by atoms with Gasteiger partial charge >= 0.3 is 0 Å². The molecule has 1 aromatic carbocycles. The van der Waals surface area contributed by atoms with E-state index in [0.29, 0.717) is 17.1 Å². The molecular weight excluding hydrogens is 241 g/mol. The summed E-state index contributed by atoms with van der Waals surface area (Å²) in [5.74, 6) is -0.112. The first-order chi connectivity index (χ1) is 7.95. The molecule has 0 spiro atoms. The molecule has 0 saturated heterocycles. The van der Waals surface area contributed by atoms with Gasteiger partial charge in [-0.2, -0.15) is 0 Å². The molecule has 2 atom stereocenters. The lowest BCUT2D eigenvalue weighted by Gasteiger charge is -2.25. The van der Waals surface area contributed by atoms with Gasteiger partial charge in [-0.15, -0.1) is 0 Å². The molecular formula is C13H19ClFNO. The quantitative estimate of drug-likeness (QED) is 0.854. The Morgan fingerprint density at radius 1 is 1.41 bits per heavy atom. The fourth-order valence-electron chi connectivity index (χ4n) is 1.95. The third-order valence-electron chi connectivity index (χ3n) is 3.06. The van der Waals surface area contributed by atoms with Crippen LogP contribution in [0.1, 0.15) is 19.4 Å². The highest BCUT2D eigenvalue weighted by Gasteiger charge is 2.22. The lowest BCUT2D eigenvalue weighted by atomic mass is 9.87. The first-order valence-electron chi connectivity index (χ1n) is 5.77. The van der Waals surface area contributed by atoms with Crippen molar-refractivity contribution in [3.8, 4) is 0 Å². The Morgan fingerprint density at radius 2 is 2.06 bits per heavy atom. The van der Waals surface area contributed by atoms with Crippen LogP contribution in [0.2, 0.25) is 5.02 Å². The zero-order chi connectivity index (χ0) is 13.0. The summed E-state index contributed by atoms with van der Waals surface area (Å²) in [5, 5.41) is 10.5. The van der Waals surface area contributed by atoms with Gasteiger partial charge in [0.15, 0.2) is 0 Å². The molecule has 3 N–H and O–H groups in total. The molecule has 17 heavy (non-hydrogen) atoms. The van der Waals surface area contributed by atoms with Crippen LogP contribution in [0, 0.1) is 17.7 Å². The minimum absolute atomic E-state index is 0.0339. The standard InChI is InChI=1S/C13H19ClFNO/c1-8(2)11(7-16)13(17)6-9-5-10(14)3-4-12(9)15/h3-5,8,11,13,17H,6-7,16H2,1-2H3. The van der Waals surface area contributed by atoms with Gasteiger partial charge < -0.3 is 10.8 Å². The number of hydrogen-bond donors (Lipinski definition) is 2. The molecule has 0 radical (unpaired) electrons. The summed E-state index contributed by atoms with van der Waals surface area (Å²) < 4.78 is 13.5. The Kier molecular flexibility index (Phi) is 5.37. The van der Waals surface area contributed by atoms with E-state index in [0.717, 1.165) is 0 Å². The van der Waals surface area contributed by atoms with Gasteiger partial charge in [0.2, 0.25) is 0 Å². The van der Waals surface area contributed by atoms with Crippen molar-refractivity contribution in [2.45, 2.75) is 26.4 Å². The summed E-state index contributed by atoms with van der Waals surface area (Å²) >= 11 is 5.80. The Labute approximate surface area is 107 Å². The Morgan fingerprint density at radius 3 is 2.59 bits per heavy atom. The second-order valence-corrected chi connectivity index (χ2v) is 5.09. The second-order valence-electron chi connectivity index (χ2n) is 4.65. The summed E-state index contributed by atoms with van der Waals surface area (Å²) in [7, 11) is 0. The van der Waals surface area contributed by atoms with Crippen LogP contribution < -0.4 is 5.73 Å². The molecule has 0 aliphatic rings. The van der Waals surface area contributed by atoms with Crippen LogP contribution >= 0.6 is 11.6 Å². The van der Waals surface area contributed by atoms with Crippen molar-refractivity contribution >= 4 is 11.6 Å². The Bertz CT molecular complexity index is 370. The zero-order valence-electron chi connectivity index (χ0n) is 10.2. The van der Waals surface area contributed by atoms with Crippen LogP contribution in [-0.4, -0.2) is 17.8 Å². The molecule has 0 bridgehead atoms. The lowest BCUT2D eigenvalue weighted by Crippen LogP contribution is -2.33.